The first-order valence-electron chi connectivity index (χ1n) is 17.2. The van der Waals surface area contributed by atoms with Gasteiger partial charge in [0.25, 0.3) is 0 Å². The van der Waals surface area contributed by atoms with E-state index in [1.807, 2.05) is 18.0 Å². The normalized spacial score (nSPS) is 14.0. The maximum absolute atomic E-state index is 14.1. The van der Waals surface area contributed by atoms with Crippen molar-refractivity contribution in [2.75, 3.05) is 63.3 Å². The monoisotopic (exact) mass is 746 g/mol. The van der Waals surface area contributed by atoms with Crippen molar-refractivity contribution in [3.63, 3.8) is 0 Å². The Bertz CT molecular complexity index is 1810. The Kier molecular flexibility index (Phi) is 13.3. The summed E-state index contributed by atoms with van der Waals surface area (Å²) in [6.45, 7) is 10.7. The van der Waals surface area contributed by atoms with Gasteiger partial charge in [-0.25, -0.2) is 9.37 Å². The maximum Gasteiger partial charge on any atom is 0.416 e. The average Bonchev–Trinajstić information content (AvgIpc) is 3.13. The van der Waals surface area contributed by atoms with E-state index in [-0.39, 0.29) is 11.8 Å². The van der Waals surface area contributed by atoms with E-state index in [2.05, 4.69) is 41.1 Å². The second-order valence-corrected chi connectivity index (χ2v) is 13.5. The van der Waals surface area contributed by atoms with E-state index < -0.39 is 46.2 Å². The molecule has 0 radical (unpaired) electrons. The number of ether oxygens (including phenoxy) is 1. The van der Waals surface area contributed by atoms with Crippen molar-refractivity contribution in [2.24, 2.45) is 0 Å². The van der Waals surface area contributed by atoms with E-state index in [1.54, 1.807) is 19.1 Å². The van der Waals surface area contributed by atoms with Gasteiger partial charge in [0.2, 0.25) is 5.91 Å². The molecule has 2 heterocycles. The summed E-state index contributed by atoms with van der Waals surface area (Å²) in [5.74, 6) is -0.685. The van der Waals surface area contributed by atoms with Crippen LogP contribution in [0.1, 0.15) is 48.6 Å². The van der Waals surface area contributed by atoms with Crippen LogP contribution < -0.4 is 9.80 Å². The van der Waals surface area contributed by atoms with Crippen molar-refractivity contribution in [3.05, 3.63) is 113 Å². The predicted molar refractivity (Wildman–Crippen MR) is 194 cm³/mol. The highest BCUT2D eigenvalue weighted by Crippen LogP contribution is 2.41. The highest BCUT2D eigenvalue weighted by molar-refractivity contribution is 6.03. The SMILES string of the molecule is CCc1ccccc1.Cc1cc(F)ccc1-c1cc(N(C)CCN2CCOCC2)ncc1N(C)C(=O)C(C)(C)c1cc(C(F)(F)F)cc(C(F)(F)F)c1. The number of anilines is 2. The summed E-state index contributed by atoms with van der Waals surface area (Å²) in [6.07, 6.45) is -7.56. The Morgan fingerprint density at radius 3 is 1.94 bits per heavy atom. The van der Waals surface area contributed by atoms with Crippen LogP contribution in [0, 0.1) is 12.7 Å². The van der Waals surface area contributed by atoms with E-state index in [4.69, 9.17) is 4.74 Å². The van der Waals surface area contributed by atoms with Gasteiger partial charge in [-0.2, -0.15) is 26.3 Å². The molecule has 0 bridgehead atoms. The Morgan fingerprint density at radius 1 is 0.830 bits per heavy atom. The predicted octanol–water partition coefficient (Wildman–Crippen LogP) is 9.19. The van der Waals surface area contributed by atoms with E-state index >= 15 is 0 Å². The van der Waals surface area contributed by atoms with E-state index in [0.29, 0.717) is 54.4 Å². The van der Waals surface area contributed by atoms with Gasteiger partial charge in [0.1, 0.15) is 11.6 Å². The number of rotatable bonds is 9. The van der Waals surface area contributed by atoms with Crippen LogP contribution in [-0.4, -0.2) is 69.3 Å². The zero-order chi connectivity index (χ0) is 39.1. The fourth-order valence-electron chi connectivity index (χ4n) is 5.97. The number of aryl methyl sites for hydroxylation is 2. The van der Waals surface area contributed by atoms with Gasteiger partial charge >= 0.3 is 12.4 Å². The summed E-state index contributed by atoms with van der Waals surface area (Å²) in [4.78, 5) is 23.8. The third kappa shape index (κ3) is 10.6. The van der Waals surface area contributed by atoms with Crippen LogP contribution in [0.4, 0.5) is 42.2 Å². The number of pyridine rings is 1. The third-order valence-corrected chi connectivity index (χ3v) is 9.35. The zero-order valence-corrected chi connectivity index (χ0v) is 30.7. The number of alkyl halides is 6. The van der Waals surface area contributed by atoms with Crippen LogP contribution in [0.15, 0.2) is 79.0 Å². The summed E-state index contributed by atoms with van der Waals surface area (Å²) < 4.78 is 101. The number of aromatic nitrogens is 1. The highest BCUT2D eigenvalue weighted by atomic mass is 19.4. The fourth-order valence-corrected chi connectivity index (χ4v) is 5.97. The number of likely N-dealkylation sites (N-methyl/N-ethyl adjacent to an activating group) is 2. The molecule has 6 nitrogen and oxygen atoms in total. The molecule has 0 saturated carbocycles. The topological polar surface area (TPSA) is 48.9 Å². The van der Waals surface area contributed by atoms with Crippen molar-refractivity contribution in [2.45, 2.75) is 51.9 Å². The van der Waals surface area contributed by atoms with Crippen molar-refractivity contribution < 1.29 is 40.3 Å². The largest absolute Gasteiger partial charge is 0.416 e. The Balaban J connectivity index is 0.000000692. The van der Waals surface area contributed by atoms with Gasteiger partial charge in [-0.05, 0) is 85.8 Å². The number of halogens is 7. The molecule has 0 spiro atoms. The number of nitrogens with zero attached hydrogens (tertiary/aromatic N) is 4. The molecule has 1 saturated heterocycles. The molecular weight excluding hydrogens is 701 g/mol. The second-order valence-electron chi connectivity index (χ2n) is 13.5. The number of carbonyl (C=O) groups excluding carboxylic acids is 1. The summed E-state index contributed by atoms with van der Waals surface area (Å²) >= 11 is 0. The lowest BCUT2D eigenvalue weighted by atomic mass is 9.81. The number of amides is 1. The first kappa shape index (κ1) is 41.3. The number of morpholine rings is 1. The molecule has 1 aromatic heterocycles. The molecule has 1 aliphatic heterocycles. The van der Waals surface area contributed by atoms with Gasteiger partial charge in [-0.1, -0.05) is 43.3 Å². The number of hydrogen-bond donors (Lipinski definition) is 0. The first-order chi connectivity index (χ1) is 24.8. The molecule has 0 aliphatic carbocycles. The Morgan fingerprint density at radius 2 is 1.42 bits per heavy atom. The first-order valence-corrected chi connectivity index (χ1v) is 17.2. The molecular formula is C40H45F7N4O2. The maximum atomic E-state index is 14.1. The fraction of sp³-hybridized carbons (Fsp3) is 0.400. The summed E-state index contributed by atoms with van der Waals surface area (Å²) in [7, 11) is 3.23. The number of hydrogen-bond acceptors (Lipinski definition) is 5. The van der Waals surface area contributed by atoms with Gasteiger partial charge in [-0.15, -0.1) is 0 Å². The van der Waals surface area contributed by atoms with Crippen molar-refractivity contribution in [1.29, 1.82) is 0 Å². The molecule has 13 heteroatoms. The smallest absolute Gasteiger partial charge is 0.379 e. The number of carbonyl (C=O) groups is 1. The Hall–Kier alpha value is -4.49. The molecule has 286 valence electrons. The molecule has 4 aromatic rings. The van der Waals surface area contributed by atoms with Crippen molar-refractivity contribution in [3.8, 4) is 11.1 Å². The zero-order valence-electron chi connectivity index (χ0n) is 30.7. The van der Waals surface area contributed by atoms with Gasteiger partial charge < -0.3 is 14.5 Å². The summed E-state index contributed by atoms with van der Waals surface area (Å²) in [5, 5.41) is 0. The minimum Gasteiger partial charge on any atom is -0.379 e. The minimum absolute atomic E-state index is 0.0292. The Labute approximate surface area is 306 Å². The molecule has 1 amide bonds. The van der Waals surface area contributed by atoms with Gasteiger partial charge in [0, 0.05) is 45.8 Å². The standard InChI is InChI=1S/C32H35F7N4O2.C8H10/c1-20-14-24(33)6-7-25(20)26-18-28(41(4)8-9-43-10-12-45-13-11-43)40-19-27(26)42(5)29(44)30(2,3)21-15-22(31(34,35)36)17-23(16-21)32(37,38)39;1-2-8-6-4-3-5-7-8/h6-7,14-19H,8-13H2,1-5H3;3-7H,2H2,1H3. The molecule has 3 aromatic carbocycles. The second kappa shape index (κ2) is 17.1. The van der Waals surface area contributed by atoms with Crippen LogP contribution in [0.2, 0.25) is 0 Å². The lowest BCUT2D eigenvalue weighted by molar-refractivity contribution is -0.143. The van der Waals surface area contributed by atoms with E-state index in [0.717, 1.165) is 31.0 Å². The van der Waals surface area contributed by atoms with Crippen LogP contribution in [-0.2, 0) is 33.7 Å². The molecule has 1 fully saturated rings. The quantitative estimate of drug-likeness (QED) is 0.160. The summed E-state index contributed by atoms with van der Waals surface area (Å²) in [5.41, 5.74) is -2.02. The minimum atomic E-state index is -5.07. The lowest BCUT2D eigenvalue weighted by Crippen LogP contribution is -2.42. The number of benzene rings is 3. The summed E-state index contributed by atoms with van der Waals surface area (Å²) in [6, 6.07) is 17.5. The molecule has 0 unspecified atom stereocenters. The average molecular weight is 747 g/mol. The van der Waals surface area contributed by atoms with E-state index in [1.165, 1.54) is 44.8 Å². The van der Waals surface area contributed by atoms with Gasteiger partial charge in [-0.3, -0.25) is 9.69 Å². The van der Waals surface area contributed by atoms with Crippen molar-refractivity contribution >= 4 is 17.4 Å². The molecule has 5 rings (SSSR count). The molecule has 53 heavy (non-hydrogen) atoms. The highest BCUT2D eigenvalue weighted by Gasteiger charge is 2.41. The van der Waals surface area contributed by atoms with Crippen LogP contribution in [0.25, 0.3) is 11.1 Å². The lowest BCUT2D eigenvalue weighted by Gasteiger charge is -2.32. The van der Waals surface area contributed by atoms with Crippen LogP contribution in [0.3, 0.4) is 0 Å². The van der Waals surface area contributed by atoms with Gasteiger partial charge in [0.15, 0.2) is 0 Å². The van der Waals surface area contributed by atoms with Crippen LogP contribution in [0.5, 0.6) is 0 Å². The molecule has 0 N–H and O–H groups in total. The molecule has 0 atom stereocenters. The molecule has 1 aliphatic rings. The van der Waals surface area contributed by atoms with Crippen LogP contribution >= 0.6 is 0 Å². The van der Waals surface area contributed by atoms with Crippen molar-refractivity contribution in [1.82, 2.24) is 9.88 Å². The third-order valence-electron chi connectivity index (χ3n) is 9.35. The van der Waals surface area contributed by atoms with E-state index in [9.17, 15) is 35.5 Å². The van der Waals surface area contributed by atoms with Gasteiger partial charge in [0.05, 0.1) is 41.6 Å².